The lowest BCUT2D eigenvalue weighted by atomic mass is 9.43. The maximum Gasteiger partial charge on any atom is 0.0156 e. The fourth-order valence-corrected chi connectivity index (χ4v) is 4.91. The molecule has 1 aromatic rings. The molecule has 3 unspecified atom stereocenters. The van der Waals surface area contributed by atoms with Gasteiger partial charge in [0.1, 0.15) is 0 Å². The van der Waals surface area contributed by atoms with Crippen LogP contribution in [0.25, 0.3) is 0 Å². The van der Waals surface area contributed by atoms with E-state index < -0.39 is 0 Å². The Morgan fingerprint density at radius 2 is 1.78 bits per heavy atom. The summed E-state index contributed by atoms with van der Waals surface area (Å²) in [6.45, 7) is 9.65. The minimum atomic E-state index is 0.323. The maximum atomic E-state index is 3.56. The van der Waals surface area contributed by atoms with E-state index in [1.165, 1.54) is 6.42 Å². The van der Waals surface area contributed by atoms with E-state index >= 15 is 0 Å². The van der Waals surface area contributed by atoms with Gasteiger partial charge in [-0.2, -0.15) is 0 Å². The SMILES string of the molecule is CNC1C2CC(C)(C)c3ccccc3C2C1(C)C. The van der Waals surface area contributed by atoms with Crippen LogP contribution in [-0.2, 0) is 5.41 Å². The van der Waals surface area contributed by atoms with Gasteiger partial charge < -0.3 is 5.32 Å². The quantitative estimate of drug-likeness (QED) is 0.793. The third kappa shape index (κ3) is 1.37. The van der Waals surface area contributed by atoms with E-state index in [0.717, 1.165) is 11.8 Å². The molecule has 0 radical (unpaired) electrons. The molecule has 0 spiro atoms. The Labute approximate surface area is 111 Å². The molecule has 2 aliphatic carbocycles. The molecule has 1 saturated carbocycles. The third-order valence-corrected chi connectivity index (χ3v) is 5.54. The van der Waals surface area contributed by atoms with Gasteiger partial charge in [0.15, 0.2) is 0 Å². The van der Waals surface area contributed by atoms with Crippen molar-refractivity contribution in [2.24, 2.45) is 11.3 Å². The molecular formula is C17H25N. The third-order valence-electron chi connectivity index (χ3n) is 5.54. The molecule has 0 aromatic heterocycles. The van der Waals surface area contributed by atoms with Crippen molar-refractivity contribution in [3.8, 4) is 0 Å². The average Bonchev–Trinajstić information content (AvgIpc) is 2.28. The lowest BCUT2D eigenvalue weighted by molar-refractivity contribution is -0.0317. The molecule has 0 amide bonds. The van der Waals surface area contributed by atoms with Crippen molar-refractivity contribution in [2.45, 2.75) is 51.5 Å². The van der Waals surface area contributed by atoms with Crippen molar-refractivity contribution >= 4 is 0 Å². The van der Waals surface area contributed by atoms with E-state index in [0.29, 0.717) is 16.9 Å². The van der Waals surface area contributed by atoms with E-state index in [9.17, 15) is 0 Å². The highest BCUT2D eigenvalue weighted by Crippen LogP contribution is 2.63. The summed E-state index contributed by atoms with van der Waals surface area (Å²) in [4.78, 5) is 0. The molecule has 2 aliphatic rings. The van der Waals surface area contributed by atoms with Crippen molar-refractivity contribution in [1.29, 1.82) is 0 Å². The molecule has 0 heterocycles. The topological polar surface area (TPSA) is 12.0 Å². The molecule has 1 N–H and O–H groups in total. The van der Waals surface area contributed by atoms with Gasteiger partial charge in [-0.15, -0.1) is 0 Å². The highest BCUT2D eigenvalue weighted by Gasteiger charge is 2.59. The van der Waals surface area contributed by atoms with E-state index in [-0.39, 0.29) is 0 Å². The fraction of sp³-hybridized carbons (Fsp3) is 0.647. The smallest absolute Gasteiger partial charge is 0.0156 e. The summed E-state index contributed by atoms with van der Waals surface area (Å²) < 4.78 is 0. The minimum Gasteiger partial charge on any atom is -0.316 e. The van der Waals surface area contributed by atoms with Crippen LogP contribution in [0, 0.1) is 11.3 Å². The summed E-state index contributed by atoms with van der Waals surface area (Å²) in [5.41, 5.74) is 3.89. The van der Waals surface area contributed by atoms with Crippen molar-refractivity contribution in [2.75, 3.05) is 7.05 Å². The number of rotatable bonds is 1. The van der Waals surface area contributed by atoms with Crippen LogP contribution >= 0.6 is 0 Å². The molecule has 98 valence electrons. The molecule has 1 aromatic carbocycles. The number of nitrogens with one attached hydrogen (secondary N) is 1. The fourth-order valence-electron chi connectivity index (χ4n) is 4.91. The van der Waals surface area contributed by atoms with Crippen LogP contribution in [0.15, 0.2) is 24.3 Å². The second kappa shape index (κ2) is 3.60. The molecule has 3 rings (SSSR count). The van der Waals surface area contributed by atoms with E-state index in [2.05, 4.69) is 64.3 Å². The van der Waals surface area contributed by atoms with Gasteiger partial charge in [-0.25, -0.2) is 0 Å². The molecule has 1 heteroatoms. The Balaban J connectivity index is 2.11. The minimum absolute atomic E-state index is 0.323. The van der Waals surface area contributed by atoms with Crippen LogP contribution in [-0.4, -0.2) is 13.1 Å². The largest absolute Gasteiger partial charge is 0.316 e. The standard InChI is InChI=1S/C17H25N/c1-16(2)10-12-14(17(3,4)15(12)18-5)11-8-6-7-9-13(11)16/h6-9,12,14-15,18H,10H2,1-5H3. The van der Waals surface area contributed by atoms with Gasteiger partial charge in [0.25, 0.3) is 0 Å². The zero-order valence-corrected chi connectivity index (χ0v) is 12.2. The van der Waals surface area contributed by atoms with Crippen molar-refractivity contribution < 1.29 is 0 Å². The highest BCUT2D eigenvalue weighted by atomic mass is 15.0. The van der Waals surface area contributed by atoms with Crippen LogP contribution in [0.2, 0.25) is 0 Å². The van der Waals surface area contributed by atoms with E-state index in [1.807, 2.05) is 0 Å². The van der Waals surface area contributed by atoms with Crippen LogP contribution in [0.4, 0.5) is 0 Å². The number of hydrogen-bond donors (Lipinski definition) is 1. The van der Waals surface area contributed by atoms with Crippen molar-refractivity contribution in [1.82, 2.24) is 5.32 Å². The monoisotopic (exact) mass is 243 g/mol. The number of fused-ring (bicyclic) bond motifs is 3. The zero-order chi connectivity index (χ0) is 13.1. The Bertz CT molecular complexity index is 472. The Morgan fingerprint density at radius 1 is 1.11 bits per heavy atom. The van der Waals surface area contributed by atoms with E-state index in [4.69, 9.17) is 0 Å². The lowest BCUT2D eigenvalue weighted by Crippen LogP contribution is -2.64. The lowest BCUT2D eigenvalue weighted by Gasteiger charge is -2.63. The van der Waals surface area contributed by atoms with Crippen LogP contribution < -0.4 is 5.32 Å². The molecule has 18 heavy (non-hydrogen) atoms. The average molecular weight is 243 g/mol. The van der Waals surface area contributed by atoms with Gasteiger partial charge in [0.05, 0.1) is 0 Å². The van der Waals surface area contributed by atoms with Gasteiger partial charge in [-0.1, -0.05) is 52.0 Å². The van der Waals surface area contributed by atoms with Gasteiger partial charge in [0, 0.05) is 6.04 Å². The molecular weight excluding hydrogens is 218 g/mol. The summed E-state index contributed by atoms with van der Waals surface area (Å²) in [5.74, 6) is 1.54. The van der Waals surface area contributed by atoms with Crippen LogP contribution in [0.5, 0.6) is 0 Å². The summed E-state index contributed by atoms with van der Waals surface area (Å²) >= 11 is 0. The molecule has 1 fully saturated rings. The van der Waals surface area contributed by atoms with Crippen LogP contribution in [0.3, 0.4) is 0 Å². The van der Waals surface area contributed by atoms with Crippen molar-refractivity contribution in [3.63, 3.8) is 0 Å². The molecule has 0 bridgehead atoms. The first-order valence-electron chi connectivity index (χ1n) is 7.16. The molecule has 0 saturated heterocycles. The zero-order valence-electron chi connectivity index (χ0n) is 12.2. The molecule has 1 nitrogen and oxygen atoms in total. The van der Waals surface area contributed by atoms with Gasteiger partial charge >= 0.3 is 0 Å². The van der Waals surface area contributed by atoms with Crippen molar-refractivity contribution in [3.05, 3.63) is 35.4 Å². The van der Waals surface area contributed by atoms with Gasteiger partial charge in [-0.3, -0.25) is 0 Å². The molecule has 0 aliphatic heterocycles. The number of hydrogen-bond acceptors (Lipinski definition) is 1. The second-order valence-corrected chi connectivity index (χ2v) is 7.40. The summed E-state index contributed by atoms with van der Waals surface area (Å²) in [5, 5.41) is 3.56. The summed E-state index contributed by atoms with van der Waals surface area (Å²) in [6, 6.07) is 9.77. The molecule has 3 atom stereocenters. The first-order valence-corrected chi connectivity index (χ1v) is 7.16. The maximum absolute atomic E-state index is 3.56. The normalized spacial score (nSPS) is 35.3. The first kappa shape index (κ1) is 12.2. The van der Waals surface area contributed by atoms with E-state index in [1.54, 1.807) is 11.1 Å². The highest BCUT2D eigenvalue weighted by molar-refractivity contribution is 5.44. The van der Waals surface area contributed by atoms with Crippen LogP contribution in [0.1, 0.15) is 51.2 Å². The Kier molecular flexibility index (Phi) is 2.45. The predicted molar refractivity (Wildman–Crippen MR) is 76.9 cm³/mol. The first-order chi connectivity index (χ1) is 8.39. The Morgan fingerprint density at radius 3 is 2.44 bits per heavy atom. The van der Waals surface area contributed by atoms with Gasteiger partial charge in [-0.05, 0) is 47.3 Å². The number of benzene rings is 1. The van der Waals surface area contributed by atoms with Gasteiger partial charge in [0.2, 0.25) is 0 Å². The Hall–Kier alpha value is -0.820. The summed E-state index contributed by atoms with van der Waals surface area (Å²) in [6.07, 6.45) is 1.31. The predicted octanol–water partition coefficient (Wildman–Crippen LogP) is 3.70. The second-order valence-electron chi connectivity index (χ2n) is 7.40. The summed E-state index contributed by atoms with van der Waals surface area (Å²) in [7, 11) is 2.12.